The molecule has 0 bridgehead atoms. The Hall–Kier alpha value is -1.37. The quantitative estimate of drug-likeness (QED) is 0.475. The number of hydrogen-bond acceptors (Lipinski definition) is 4. The van der Waals surface area contributed by atoms with E-state index in [1.54, 1.807) is 0 Å². The summed E-state index contributed by atoms with van der Waals surface area (Å²) in [4.78, 5) is 12.9. The third kappa shape index (κ3) is 2.17. The van der Waals surface area contributed by atoms with Gasteiger partial charge in [-0.1, -0.05) is 0 Å². The van der Waals surface area contributed by atoms with Crippen molar-refractivity contribution in [3.05, 3.63) is 31.1 Å². The van der Waals surface area contributed by atoms with Crippen molar-refractivity contribution in [3.8, 4) is 6.07 Å². The third-order valence-electron chi connectivity index (χ3n) is 1.55. The van der Waals surface area contributed by atoms with Crippen molar-refractivity contribution >= 4 is 28.3 Å². The molecule has 0 saturated heterocycles. The highest BCUT2D eigenvalue weighted by molar-refractivity contribution is 14.1. The smallest absolute Gasteiger partial charge is 0.258 e. The molecule has 1 aromatic heterocycles. The van der Waals surface area contributed by atoms with Crippen molar-refractivity contribution in [1.82, 2.24) is 4.98 Å². The summed E-state index contributed by atoms with van der Waals surface area (Å²) in [6.45, 7) is 0. The Balaban J connectivity index is 3.51. The van der Waals surface area contributed by atoms with E-state index < -0.39 is 28.3 Å². The molecule has 0 amide bonds. The fourth-order valence-electron chi connectivity index (χ4n) is 0.909. The predicted molar refractivity (Wildman–Crippen MR) is 53.3 cm³/mol. The van der Waals surface area contributed by atoms with Gasteiger partial charge in [0.1, 0.15) is 15.8 Å². The van der Waals surface area contributed by atoms with Crippen LogP contribution < -0.4 is 0 Å². The first-order valence-corrected chi connectivity index (χ1v) is 4.58. The fraction of sp³-hybridized carbons (Fsp3) is 0.143. The second-order valence-electron chi connectivity index (χ2n) is 2.39. The van der Waals surface area contributed by atoms with Gasteiger partial charge in [-0.25, -0.2) is 13.8 Å². The number of aromatic nitrogens is 1. The van der Waals surface area contributed by atoms with E-state index in [2.05, 4.69) is 4.98 Å². The average molecular weight is 325 g/mol. The van der Waals surface area contributed by atoms with Crippen molar-refractivity contribution < 1.29 is 13.7 Å². The van der Waals surface area contributed by atoms with Crippen LogP contribution in [0.25, 0.3) is 0 Å². The molecule has 1 rings (SSSR count). The normalized spacial score (nSPS) is 10.1. The van der Waals surface area contributed by atoms with Gasteiger partial charge in [-0.05, 0) is 22.6 Å². The largest absolute Gasteiger partial charge is 0.301 e. The summed E-state index contributed by atoms with van der Waals surface area (Å²) in [7, 11) is 0. The van der Waals surface area contributed by atoms with E-state index in [9.17, 15) is 18.9 Å². The molecule has 0 saturated carbocycles. The van der Waals surface area contributed by atoms with E-state index in [1.165, 1.54) is 28.7 Å². The highest BCUT2D eigenvalue weighted by Crippen LogP contribution is 2.32. The minimum Gasteiger partial charge on any atom is -0.258 e. The lowest BCUT2D eigenvalue weighted by atomic mass is 10.2. The first-order valence-electron chi connectivity index (χ1n) is 3.50. The SMILES string of the molecule is N#Cc1ncc([N+](=O)[O-])c(I)c1C(F)F. The standard InChI is InChI=1S/C7H2F2IN3O2/c8-7(9)5-3(1-11)12-2-4(6(5)10)13(14)15/h2,7H. The molecule has 5 nitrogen and oxygen atoms in total. The van der Waals surface area contributed by atoms with E-state index in [0.29, 0.717) is 0 Å². The van der Waals surface area contributed by atoms with Gasteiger partial charge in [0.2, 0.25) is 0 Å². The van der Waals surface area contributed by atoms with Crippen LogP contribution in [0.1, 0.15) is 17.7 Å². The lowest BCUT2D eigenvalue weighted by Gasteiger charge is -2.04. The van der Waals surface area contributed by atoms with Crippen LogP contribution in [0.15, 0.2) is 6.20 Å². The molecule has 78 valence electrons. The van der Waals surface area contributed by atoms with Crippen molar-refractivity contribution in [2.45, 2.75) is 6.43 Å². The van der Waals surface area contributed by atoms with Crippen LogP contribution in [0.5, 0.6) is 0 Å². The maximum atomic E-state index is 12.5. The Morgan fingerprint density at radius 1 is 1.67 bits per heavy atom. The number of pyridine rings is 1. The van der Waals surface area contributed by atoms with Gasteiger partial charge in [-0.15, -0.1) is 0 Å². The Morgan fingerprint density at radius 2 is 2.27 bits per heavy atom. The summed E-state index contributed by atoms with van der Waals surface area (Å²) in [6, 6.07) is 1.47. The van der Waals surface area contributed by atoms with Crippen LogP contribution in [-0.4, -0.2) is 9.91 Å². The second-order valence-corrected chi connectivity index (χ2v) is 3.47. The topological polar surface area (TPSA) is 79.8 Å². The van der Waals surface area contributed by atoms with E-state index >= 15 is 0 Å². The van der Waals surface area contributed by atoms with Gasteiger partial charge >= 0.3 is 5.69 Å². The molecule has 0 fully saturated rings. The van der Waals surface area contributed by atoms with Gasteiger partial charge in [0.15, 0.2) is 5.69 Å². The van der Waals surface area contributed by atoms with Gasteiger partial charge in [0.05, 0.1) is 10.5 Å². The average Bonchev–Trinajstić information content (AvgIpc) is 2.15. The summed E-state index contributed by atoms with van der Waals surface area (Å²) in [5.74, 6) is 0. The van der Waals surface area contributed by atoms with Crippen LogP contribution >= 0.6 is 22.6 Å². The van der Waals surface area contributed by atoms with E-state index in [0.717, 1.165) is 6.20 Å². The summed E-state index contributed by atoms with van der Waals surface area (Å²) in [5.41, 5.74) is -1.70. The Labute approximate surface area is 96.0 Å². The molecule has 0 aliphatic heterocycles. The molecule has 0 unspecified atom stereocenters. The Bertz CT molecular complexity index is 458. The third-order valence-corrected chi connectivity index (χ3v) is 2.69. The number of alkyl halides is 2. The first kappa shape index (κ1) is 11.7. The van der Waals surface area contributed by atoms with Crippen molar-refractivity contribution in [1.29, 1.82) is 5.26 Å². The molecule has 0 aliphatic rings. The lowest BCUT2D eigenvalue weighted by molar-refractivity contribution is -0.386. The molecule has 8 heteroatoms. The monoisotopic (exact) mass is 325 g/mol. The second kappa shape index (κ2) is 4.43. The molecular formula is C7H2F2IN3O2. The molecule has 1 aromatic rings. The molecule has 0 radical (unpaired) electrons. The maximum Gasteiger partial charge on any atom is 0.301 e. The van der Waals surface area contributed by atoms with Gasteiger partial charge in [-0.2, -0.15) is 5.26 Å². The molecule has 0 N–H and O–H groups in total. The number of nitrogens with zero attached hydrogens (tertiary/aromatic N) is 3. The number of hydrogen-bond donors (Lipinski definition) is 0. The van der Waals surface area contributed by atoms with E-state index in [4.69, 9.17) is 5.26 Å². The zero-order chi connectivity index (χ0) is 11.6. The van der Waals surface area contributed by atoms with Crippen LogP contribution in [0.3, 0.4) is 0 Å². The Kier molecular flexibility index (Phi) is 3.46. The molecular weight excluding hydrogens is 323 g/mol. The summed E-state index contributed by atoms with van der Waals surface area (Å²) < 4.78 is 24.7. The predicted octanol–water partition coefficient (Wildman–Crippen LogP) is 2.40. The van der Waals surface area contributed by atoms with Gasteiger partial charge in [0, 0.05) is 0 Å². The molecule has 15 heavy (non-hydrogen) atoms. The van der Waals surface area contributed by atoms with Gasteiger partial charge in [-0.3, -0.25) is 10.1 Å². The number of halogens is 3. The van der Waals surface area contributed by atoms with Gasteiger partial charge < -0.3 is 0 Å². The zero-order valence-corrected chi connectivity index (χ0v) is 9.10. The minimum atomic E-state index is -2.96. The van der Waals surface area contributed by atoms with Crippen LogP contribution in [0.2, 0.25) is 0 Å². The first-order chi connectivity index (χ1) is 6.99. The van der Waals surface area contributed by atoms with Crippen LogP contribution in [-0.2, 0) is 0 Å². The van der Waals surface area contributed by atoms with E-state index in [-0.39, 0.29) is 3.57 Å². The minimum absolute atomic E-state index is 0.251. The van der Waals surface area contributed by atoms with Crippen LogP contribution in [0.4, 0.5) is 14.5 Å². The van der Waals surface area contributed by atoms with Crippen LogP contribution in [0, 0.1) is 25.0 Å². The highest BCUT2D eigenvalue weighted by Gasteiger charge is 2.25. The summed E-state index contributed by atoms with van der Waals surface area (Å²) in [5, 5.41) is 18.9. The van der Waals surface area contributed by atoms with Gasteiger partial charge in [0.25, 0.3) is 6.43 Å². The van der Waals surface area contributed by atoms with Crippen molar-refractivity contribution in [3.63, 3.8) is 0 Å². The number of nitro groups is 1. The summed E-state index contributed by atoms with van der Waals surface area (Å²) in [6.07, 6.45) is -2.16. The number of rotatable bonds is 2. The summed E-state index contributed by atoms with van der Waals surface area (Å²) >= 11 is 1.41. The fourth-order valence-corrected chi connectivity index (χ4v) is 1.74. The number of nitriles is 1. The molecule has 1 heterocycles. The van der Waals surface area contributed by atoms with Crippen molar-refractivity contribution in [2.24, 2.45) is 0 Å². The highest BCUT2D eigenvalue weighted by atomic mass is 127. The zero-order valence-electron chi connectivity index (χ0n) is 6.95. The lowest BCUT2D eigenvalue weighted by Crippen LogP contribution is -2.02. The Morgan fingerprint density at radius 3 is 2.67 bits per heavy atom. The maximum absolute atomic E-state index is 12.5. The molecule has 0 atom stereocenters. The van der Waals surface area contributed by atoms with Crippen molar-refractivity contribution in [2.75, 3.05) is 0 Å². The molecule has 0 aromatic carbocycles. The molecule has 0 aliphatic carbocycles. The molecule has 0 spiro atoms. The van der Waals surface area contributed by atoms with E-state index in [1.807, 2.05) is 0 Å².